The molecule has 39 heavy (non-hydrogen) atoms. The molecule has 1 aromatic heterocycles. The molecule has 0 saturated heterocycles. The van der Waals surface area contributed by atoms with Crippen LogP contribution in [0, 0.1) is 11.3 Å². The molecule has 0 radical (unpaired) electrons. The molecule has 0 saturated carbocycles. The number of thioether (sulfide) groups is 1. The molecular weight excluding hydrogens is 528 g/mol. The molecule has 0 fully saturated rings. The Morgan fingerprint density at radius 2 is 1.82 bits per heavy atom. The molecule has 4 rings (SSSR count). The van der Waals surface area contributed by atoms with Crippen LogP contribution >= 0.6 is 23.1 Å². The molecule has 0 bridgehead atoms. The van der Waals surface area contributed by atoms with E-state index in [0.717, 1.165) is 40.2 Å². The number of nitrogens with one attached hydrogen (secondary N) is 2. The summed E-state index contributed by atoms with van der Waals surface area (Å²) >= 11 is 2.90. The maximum Gasteiger partial charge on any atom is 0.341 e. The Hall–Kier alpha value is -3.10. The minimum atomic E-state index is -0.574. The van der Waals surface area contributed by atoms with Gasteiger partial charge in [-0.25, -0.2) is 4.79 Å². The normalized spacial score (nSPS) is 15.7. The summed E-state index contributed by atoms with van der Waals surface area (Å²) in [4.78, 5) is 40.6. The van der Waals surface area contributed by atoms with Gasteiger partial charge in [0.25, 0.3) is 0 Å². The van der Waals surface area contributed by atoms with E-state index in [0.29, 0.717) is 22.2 Å². The van der Waals surface area contributed by atoms with Crippen molar-refractivity contribution >= 4 is 51.6 Å². The molecule has 8 heteroatoms. The van der Waals surface area contributed by atoms with Crippen molar-refractivity contribution in [1.82, 2.24) is 0 Å². The molecule has 206 valence electrons. The molecular formula is C31H36N2O4S2. The predicted molar refractivity (Wildman–Crippen MR) is 160 cm³/mol. The fraction of sp³-hybridized carbons (Fsp3) is 0.387. The summed E-state index contributed by atoms with van der Waals surface area (Å²) in [6, 6.07) is 17.0. The lowest BCUT2D eigenvalue weighted by Crippen LogP contribution is -2.26. The number of esters is 1. The Balaban J connectivity index is 1.67. The van der Waals surface area contributed by atoms with E-state index < -0.39 is 5.25 Å². The van der Waals surface area contributed by atoms with Gasteiger partial charge in [0.1, 0.15) is 10.3 Å². The molecule has 2 amide bonds. The first-order valence-corrected chi connectivity index (χ1v) is 15.0. The third-order valence-corrected chi connectivity index (χ3v) is 9.37. The third kappa shape index (κ3) is 7.11. The smallest absolute Gasteiger partial charge is 0.341 e. The van der Waals surface area contributed by atoms with Crippen LogP contribution in [-0.4, -0.2) is 24.4 Å². The standard InChI is InChI=1S/C31H36N2O4S2/c1-6-37-30(36)26-24-16-15-21(31(3,4)5)17-25(24)39-29(26)33-28(35)27(20-11-8-7-9-12-20)38-23-14-10-13-22(18-23)32-19(2)34/h7-14,18,21,27H,6,15-17H2,1-5H3,(H,32,34)(H,33,35). The average Bonchev–Trinajstić information content (AvgIpc) is 3.24. The highest BCUT2D eigenvalue weighted by molar-refractivity contribution is 8.00. The van der Waals surface area contributed by atoms with Crippen molar-refractivity contribution in [2.45, 2.75) is 64.0 Å². The van der Waals surface area contributed by atoms with Crippen LogP contribution in [0.1, 0.15) is 72.7 Å². The molecule has 0 aliphatic heterocycles. The van der Waals surface area contributed by atoms with Crippen LogP contribution < -0.4 is 10.6 Å². The number of carbonyl (C=O) groups is 3. The fourth-order valence-electron chi connectivity index (χ4n) is 4.90. The van der Waals surface area contributed by atoms with Crippen LogP contribution in [-0.2, 0) is 27.2 Å². The molecule has 6 nitrogen and oxygen atoms in total. The Labute approximate surface area is 238 Å². The quantitative estimate of drug-likeness (QED) is 0.219. The summed E-state index contributed by atoms with van der Waals surface area (Å²) in [5.41, 5.74) is 3.19. The average molecular weight is 565 g/mol. The second-order valence-electron chi connectivity index (χ2n) is 10.8. The zero-order chi connectivity index (χ0) is 28.2. The maximum atomic E-state index is 13.9. The van der Waals surface area contributed by atoms with Crippen LogP contribution in [0.3, 0.4) is 0 Å². The number of anilines is 2. The van der Waals surface area contributed by atoms with Crippen molar-refractivity contribution in [3.8, 4) is 0 Å². The molecule has 2 N–H and O–H groups in total. The van der Waals surface area contributed by atoms with E-state index in [4.69, 9.17) is 4.74 Å². The van der Waals surface area contributed by atoms with Crippen LogP contribution in [0.25, 0.3) is 0 Å². The molecule has 2 aromatic carbocycles. The van der Waals surface area contributed by atoms with Gasteiger partial charge >= 0.3 is 5.97 Å². The third-order valence-electron chi connectivity index (χ3n) is 6.96. The summed E-state index contributed by atoms with van der Waals surface area (Å²) in [5.74, 6) is -0.249. The van der Waals surface area contributed by atoms with Crippen molar-refractivity contribution < 1.29 is 19.1 Å². The molecule has 2 unspecified atom stereocenters. The van der Waals surface area contributed by atoms with Crippen LogP contribution in [0.4, 0.5) is 10.7 Å². The van der Waals surface area contributed by atoms with Gasteiger partial charge in [0.2, 0.25) is 11.8 Å². The van der Waals surface area contributed by atoms with E-state index in [1.807, 2.05) is 54.6 Å². The summed E-state index contributed by atoms with van der Waals surface area (Å²) in [6.45, 7) is 10.3. The Bertz CT molecular complexity index is 1340. The second kappa shape index (κ2) is 12.4. The monoisotopic (exact) mass is 564 g/mol. The van der Waals surface area contributed by atoms with Gasteiger partial charge in [-0.3, -0.25) is 9.59 Å². The van der Waals surface area contributed by atoms with E-state index >= 15 is 0 Å². The molecule has 1 aliphatic carbocycles. The highest BCUT2D eigenvalue weighted by Crippen LogP contribution is 2.45. The van der Waals surface area contributed by atoms with Crippen LogP contribution in [0.15, 0.2) is 59.5 Å². The first-order valence-electron chi connectivity index (χ1n) is 13.3. The topological polar surface area (TPSA) is 84.5 Å². The molecule has 1 aliphatic rings. The Morgan fingerprint density at radius 1 is 1.08 bits per heavy atom. The molecule has 0 spiro atoms. The minimum absolute atomic E-state index is 0.156. The number of thiophene rings is 1. The van der Waals surface area contributed by atoms with E-state index in [1.54, 1.807) is 6.92 Å². The van der Waals surface area contributed by atoms with Gasteiger partial charge in [-0.15, -0.1) is 23.1 Å². The van der Waals surface area contributed by atoms with E-state index in [9.17, 15) is 14.4 Å². The second-order valence-corrected chi connectivity index (χ2v) is 13.1. The predicted octanol–water partition coefficient (Wildman–Crippen LogP) is 7.51. The van der Waals surface area contributed by atoms with E-state index in [1.165, 1.54) is 30.0 Å². The van der Waals surface area contributed by atoms with Gasteiger partial charge in [0.05, 0.1) is 12.2 Å². The van der Waals surface area contributed by atoms with E-state index in [2.05, 4.69) is 31.4 Å². The van der Waals surface area contributed by atoms with Gasteiger partial charge in [0, 0.05) is 22.4 Å². The summed E-state index contributed by atoms with van der Waals surface area (Å²) < 4.78 is 5.43. The van der Waals surface area contributed by atoms with Crippen LogP contribution in [0.2, 0.25) is 0 Å². The number of rotatable bonds is 8. The summed E-state index contributed by atoms with van der Waals surface area (Å²) in [7, 11) is 0. The minimum Gasteiger partial charge on any atom is -0.462 e. The van der Waals surface area contributed by atoms with Gasteiger partial charge in [-0.1, -0.05) is 57.2 Å². The van der Waals surface area contributed by atoms with Crippen molar-refractivity contribution in [2.24, 2.45) is 11.3 Å². The zero-order valence-electron chi connectivity index (χ0n) is 23.1. The largest absolute Gasteiger partial charge is 0.462 e. The van der Waals surface area contributed by atoms with Gasteiger partial charge < -0.3 is 15.4 Å². The zero-order valence-corrected chi connectivity index (χ0v) is 24.8. The lowest BCUT2D eigenvalue weighted by atomic mass is 9.72. The number of fused-ring (bicyclic) bond motifs is 1. The molecule has 2 atom stereocenters. The first kappa shape index (κ1) is 28.9. The number of carbonyl (C=O) groups excluding carboxylic acids is 3. The number of benzene rings is 2. The number of hydrogen-bond donors (Lipinski definition) is 2. The van der Waals surface area contributed by atoms with E-state index in [-0.39, 0.29) is 29.8 Å². The van der Waals surface area contributed by atoms with Crippen molar-refractivity contribution in [3.63, 3.8) is 0 Å². The van der Waals surface area contributed by atoms with Gasteiger partial charge in [-0.05, 0) is 66.8 Å². The highest BCUT2D eigenvalue weighted by Gasteiger charge is 2.35. The number of amides is 2. The lowest BCUT2D eigenvalue weighted by Gasteiger charge is -2.33. The Morgan fingerprint density at radius 3 is 2.49 bits per heavy atom. The van der Waals surface area contributed by atoms with Crippen LogP contribution in [0.5, 0.6) is 0 Å². The highest BCUT2D eigenvalue weighted by atomic mass is 32.2. The van der Waals surface area contributed by atoms with Crippen molar-refractivity contribution in [1.29, 1.82) is 0 Å². The Kier molecular flexibility index (Phi) is 9.18. The first-order chi connectivity index (χ1) is 18.6. The molecule has 1 heterocycles. The lowest BCUT2D eigenvalue weighted by molar-refractivity contribution is -0.116. The molecule has 3 aromatic rings. The summed E-state index contributed by atoms with van der Waals surface area (Å²) in [6.07, 6.45) is 2.68. The maximum absolute atomic E-state index is 13.9. The van der Waals surface area contributed by atoms with Gasteiger partial charge in [-0.2, -0.15) is 0 Å². The summed E-state index contributed by atoms with van der Waals surface area (Å²) in [5, 5.41) is 5.90. The number of hydrogen-bond acceptors (Lipinski definition) is 6. The van der Waals surface area contributed by atoms with Gasteiger partial charge in [0.15, 0.2) is 0 Å². The van der Waals surface area contributed by atoms with Crippen molar-refractivity contribution in [2.75, 3.05) is 17.2 Å². The SMILES string of the molecule is CCOC(=O)c1c(NC(=O)C(Sc2cccc(NC(C)=O)c2)c2ccccc2)sc2c1CCC(C(C)(C)C)C2. The fourth-order valence-corrected chi connectivity index (χ4v) is 7.30. The van der Waals surface area contributed by atoms with Crippen molar-refractivity contribution in [3.05, 3.63) is 76.2 Å². The number of ether oxygens (including phenoxy) is 1.